The number of H-pyrrole nitrogens is 1. The van der Waals surface area contributed by atoms with Crippen LogP contribution in [0, 0.1) is 11.2 Å². The smallest absolute Gasteiger partial charge is 0.272 e. The van der Waals surface area contributed by atoms with Crippen molar-refractivity contribution in [1.29, 1.82) is 5.41 Å². The van der Waals surface area contributed by atoms with Gasteiger partial charge in [-0.1, -0.05) is 6.07 Å². The highest BCUT2D eigenvalue weighted by molar-refractivity contribution is 9.10. The van der Waals surface area contributed by atoms with E-state index in [0.717, 1.165) is 24.6 Å². The predicted molar refractivity (Wildman–Crippen MR) is 104 cm³/mol. The number of anilines is 2. The first-order valence-corrected chi connectivity index (χ1v) is 8.82. The zero-order chi connectivity index (χ0) is 18.6. The minimum absolute atomic E-state index is 0.0508. The number of aromatic amines is 1. The van der Waals surface area contributed by atoms with Crippen LogP contribution < -0.4 is 17.0 Å². The number of rotatable bonds is 3. The molecule has 2 aromatic heterocycles. The molecule has 132 valence electrons. The Morgan fingerprint density at radius 2 is 2.04 bits per heavy atom. The first kappa shape index (κ1) is 16.7. The minimum Gasteiger partial charge on any atom is -0.396 e. The lowest BCUT2D eigenvalue weighted by Gasteiger charge is -2.14. The van der Waals surface area contributed by atoms with Crippen molar-refractivity contribution in [3.63, 3.8) is 0 Å². The number of aromatic nitrogens is 2. The van der Waals surface area contributed by atoms with Crippen LogP contribution in [0.1, 0.15) is 29.9 Å². The fourth-order valence-corrected chi connectivity index (χ4v) is 3.78. The lowest BCUT2D eigenvalue weighted by atomic mass is 9.96. The molecule has 0 bridgehead atoms. The largest absolute Gasteiger partial charge is 0.396 e. The van der Waals surface area contributed by atoms with Crippen molar-refractivity contribution in [3.8, 4) is 11.1 Å². The van der Waals surface area contributed by atoms with E-state index >= 15 is 0 Å². The average Bonchev–Trinajstić information content (AvgIpc) is 3.44. The predicted octanol–water partition coefficient (Wildman–Crippen LogP) is 3.53. The molecule has 6 N–H and O–H groups in total. The molecular weight excluding hydrogens is 401 g/mol. The van der Waals surface area contributed by atoms with Crippen LogP contribution in [0.15, 0.2) is 27.6 Å². The summed E-state index contributed by atoms with van der Waals surface area (Å²) in [5.74, 6) is -0.200. The second-order valence-electron chi connectivity index (χ2n) is 6.35. The summed E-state index contributed by atoms with van der Waals surface area (Å²) in [6, 6.07) is 4.55. The number of nitrogen functional groups attached to an aromatic ring is 2. The Hall–Kier alpha value is -2.74. The molecule has 0 amide bonds. The molecule has 1 aliphatic carbocycles. The zero-order valence-corrected chi connectivity index (χ0v) is 15.2. The molecule has 26 heavy (non-hydrogen) atoms. The number of nitrogens with one attached hydrogen (secondary N) is 2. The maximum atomic E-state index is 13.8. The van der Waals surface area contributed by atoms with Gasteiger partial charge in [0.05, 0.1) is 16.7 Å². The summed E-state index contributed by atoms with van der Waals surface area (Å²) >= 11 is 3.50. The molecule has 3 aromatic rings. The summed E-state index contributed by atoms with van der Waals surface area (Å²) in [6.45, 7) is 0. The first-order valence-electron chi connectivity index (χ1n) is 8.03. The molecule has 0 saturated heterocycles. The Morgan fingerprint density at radius 1 is 1.31 bits per heavy atom. The van der Waals surface area contributed by atoms with Crippen LogP contribution >= 0.6 is 15.9 Å². The second-order valence-corrected chi connectivity index (χ2v) is 7.10. The summed E-state index contributed by atoms with van der Waals surface area (Å²) in [7, 11) is 0. The van der Waals surface area contributed by atoms with Crippen molar-refractivity contribution in [1.82, 2.24) is 9.97 Å². The standard InChI is InChI=1S/C18H15BrFN5O/c19-17-9(7-1-2-7)5-12-16(25-17)13(15(23)18(26)24-12)8-3-4-11(20)14(22)10(8)6-21/h3-7,21H,1-2,22-23H2,(H,24,26). The molecule has 0 unspecified atom stereocenters. The van der Waals surface area contributed by atoms with Gasteiger partial charge < -0.3 is 21.9 Å². The van der Waals surface area contributed by atoms with Gasteiger partial charge in [0.15, 0.2) is 0 Å². The van der Waals surface area contributed by atoms with Crippen molar-refractivity contribution in [3.05, 3.63) is 50.1 Å². The van der Waals surface area contributed by atoms with Gasteiger partial charge in [0.1, 0.15) is 16.1 Å². The molecule has 0 radical (unpaired) electrons. The summed E-state index contributed by atoms with van der Waals surface area (Å²) in [4.78, 5) is 19.7. The Morgan fingerprint density at radius 3 is 2.69 bits per heavy atom. The Labute approximate surface area is 156 Å². The Balaban J connectivity index is 2.11. The van der Waals surface area contributed by atoms with Crippen molar-refractivity contribution >= 4 is 44.6 Å². The van der Waals surface area contributed by atoms with Crippen LogP contribution in [0.25, 0.3) is 22.2 Å². The number of halogens is 2. The number of benzene rings is 1. The van der Waals surface area contributed by atoms with E-state index in [2.05, 4.69) is 25.9 Å². The summed E-state index contributed by atoms with van der Waals surface area (Å²) in [6.07, 6.45) is 3.13. The summed E-state index contributed by atoms with van der Waals surface area (Å²) < 4.78 is 14.5. The number of hydrogen-bond acceptors (Lipinski definition) is 5. The number of fused-ring (bicyclic) bond motifs is 1. The van der Waals surface area contributed by atoms with E-state index < -0.39 is 11.4 Å². The third kappa shape index (κ3) is 2.48. The highest BCUT2D eigenvalue weighted by Crippen LogP contribution is 2.44. The maximum Gasteiger partial charge on any atom is 0.272 e. The Bertz CT molecular complexity index is 1140. The van der Waals surface area contributed by atoms with E-state index in [4.69, 9.17) is 16.9 Å². The van der Waals surface area contributed by atoms with Crippen molar-refractivity contribution in [2.75, 3.05) is 11.5 Å². The van der Waals surface area contributed by atoms with Crippen molar-refractivity contribution in [2.45, 2.75) is 18.8 Å². The van der Waals surface area contributed by atoms with Gasteiger partial charge in [0.25, 0.3) is 5.56 Å². The number of nitrogens with zero attached hydrogens (tertiary/aromatic N) is 1. The average molecular weight is 416 g/mol. The molecule has 0 atom stereocenters. The lowest BCUT2D eigenvalue weighted by Crippen LogP contribution is -2.15. The number of hydrogen-bond donors (Lipinski definition) is 4. The minimum atomic E-state index is -0.634. The normalized spacial score (nSPS) is 13.9. The molecule has 1 aliphatic rings. The monoisotopic (exact) mass is 415 g/mol. The quantitative estimate of drug-likeness (QED) is 0.296. The van der Waals surface area contributed by atoms with E-state index in [-0.39, 0.29) is 16.9 Å². The molecule has 6 nitrogen and oxygen atoms in total. The van der Waals surface area contributed by atoms with Gasteiger partial charge in [-0.15, -0.1) is 0 Å². The van der Waals surface area contributed by atoms with Crippen LogP contribution in [-0.2, 0) is 0 Å². The third-order valence-electron chi connectivity index (χ3n) is 4.67. The fourth-order valence-electron chi connectivity index (χ4n) is 3.16. The highest BCUT2D eigenvalue weighted by atomic mass is 79.9. The topological polar surface area (TPSA) is 122 Å². The number of nitrogens with two attached hydrogens (primary N) is 2. The summed E-state index contributed by atoms with van der Waals surface area (Å²) in [5, 5.41) is 7.62. The molecule has 1 fully saturated rings. The lowest BCUT2D eigenvalue weighted by molar-refractivity contribution is 0.632. The molecular formula is C18H15BrFN5O. The molecule has 2 heterocycles. The van der Waals surface area contributed by atoms with Gasteiger partial charge in [-0.05, 0) is 57.9 Å². The van der Waals surface area contributed by atoms with Crippen LogP contribution in [0.4, 0.5) is 15.8 Å². The van der Waals surface area contributed by atoms with Gasteiger partial charge in [0, 0.05) is 17.3 Å². The molecule has 4 rings (SSSR count). The van der Waals surface area contributed by atoms with Crippen LogP contribution in [0.3, 0.4) is 0 Å². The van der Waals surface area contributed by atoms with Gasteiger partial charge in [-0.2, -0.15) is 0 Å². The third-order valence-corrected chi connectivity index (χ3v) is 5.30. The molecule has 8 heteroatoms. The van der Waals surface area contributed by atoms with Crippen LogP contribution in [0.5, 0.6) is 0 Å². The van der Waals surface area contributed by atoms with E-state index in [1.165, 1.54) is 12.1 Å². The molecule has 0 spiro atoms. The molecule has 1 saturated carbocycles. The van der Waals surface area contributed by atoms with Crippen molar-refractivity contribution in [2.24, 2.45) is 0 Å². The van der Waals surface area contributed by atoms with Gasteiger partial charge >= 0.3 is 0 Å². The SMILES string of the molecule is N=Cc1c(-c2c(N)c(=O)[nH]c3cc(C4CC4)c(Br)nc23)ccc(F)c1N. The van der Waals surface area contributed by atoms with Gasteiger partial charge in [-0.3, -0.25) is 4.79 Å². The molecule has 0 aliphatic heterocycles. The van der Waals surface area contributed by atoms with E-state index in [1.807, 2.05) is 6.07 Å². The number of pyridine rings is 2. The summed E-state index contributed by atoms with van der Waals surface area (Å²) in [5.41, 5.74) is 14.1. The van der Waals surface area contributed by atoms with Crippen molar-refractivity contribution < 1.29 is 4.39 Å². The zero-order valence-electron chi connectivity index (χ0n) is 13.6. The molecule has 1 aromatic carbocycles. The van der Waals surface area contributed by atoms with Gasteiger partial charge in [-0.25, -0.2) is 9.37 Å². The van der Waals surface area contributed by atoms with E-state index in [0.29, 0.717) is 32.7 Å². The van der Waals surface area contributed by atoms with E-state index in [9.17, 15) is 9.18 Å². The van der Waals surface area contributed by atoms with Crippen LogP contribution in [-0.4, -0.2) is 16.2 Å². The van der Waals surface area contributed by atoms with Crippen LogP contribution in [0.2, 0.25) is 0 Å². The second kappa shape index (κ2) is 5.91. The Kier molecular flexibility index (Phi) is 3.80. The first-order chi connectivity index (χ1) is 12.4. The van der Waals surface area contributed by atoms with E-state index in [1.54, 1.807) is 0 Å². The highest BCUT2D eigenvalue weighted by Gasteiger charge is 2.28. The van der Waals surface area contributed by atoms with Gasteiger partial charge in [0.2, 0.25) is 0 Å². The maximum absolute atomic E-state index is 13.8. The fraction of sp³-hybridized carbons (Fsp3) is 0.167.